The molecule has 0 unspecified atom stereocenters. The van der Waals surface area contributed by atoms with Crippen molar-refractivity contribution in [2.24, 2.45) is 0 Å². The number of hydrogen-bond donors (Lipinski definition) is 1. The van der Waals surface area contributed by atoms with E-state index >= 15 is 0 Å². The largest absolute Gasteiger partial charge is 0.507 e. The Morgan fingerprint density at radius 2 is 1.96 bits per heavy atom. The number of phenolic OH excluding ortho intramolecular Hbond substituents is 1. The van der Waals surface area contributed by atoms with Gasteiger partial charge in [-0.1, -0.05) is 12.1 Å². The molecule has 3 heterocycles. The SMILES string of the molecule is C[C@]12OC[C@H](OC(=O)c3ccccc3O)[C@H]1OC[C@H]2OC(=O)c1cccnc1. The average molecular weight is 385 g/mol. The molecule has 2 aliphatic heterocycles. The molecule has 0 radical (unpaired) electrons. The fourth-order valence-electron chi connectivity index (χ4n) is 3.48. The second kappa shape index (κ2) is 7.21. The fourth-order valence-corrected chi connectivity index (χ4v) is 3.48. The van der Waals surface area contributed by atoms with Crippen molar-refractivity contribution < 1.29 is 33.6 Å². The van der Waals surface area contributed by atoms with Gasteiger partial charge in [0.25, 0.3) is 0 Å². The van der Waals surface area contributed by atoms with Gasteiger partial charge in [-0.05, 0) is 31.2 Å². The summed E-state index contributed by atoms with van der Waals surface area (Å²) in [6.45, 7) is 1.99. The van der Waals surface area contributed by atoms with Crippen LogP contribution in [-0.4, -0.2) is 59.2 Å². The summed E-state index contributed by atoms with van der Waals surface area (Å²) in [6.07, 6.45) is 1.06. The molecule has 0 bridgehead atoms. The third kappa shape index (κ3) is 3.21. The first-order valence-corrected chi connectivity index (χ1v) is 8.84. The number of para-hydroxylation sites is 1. The average Bonchev–Trinajstić information content (AvgIpc) is 3.19. The molecule has 4 atom stereocenters. The van der Waals surface area contributed by atoms with Gasteiger partial charge in [0, 0.05) is 12.4 Å². The van der Waals surface area contributed by atoms with Crippen LogP contribution >= 0.6 is 0 Å². The van der Waals surface area contributed by atoms with Crippen molar-refractivity contribution in [3.63, 3.8) is 0 Å². The first kappa shape index (κ1) is 18.4. The van der Waals surface area contributed by atoms with Crippen LogP contribution in [0.15, 0.2) is 48.8 Å². The molecule has 2 saturated heterocycles. The highest BCUT2D eigenvalue weighted by Gasteiger charge is 2.60. The van der Waals surface area contributed by atoms with Crippen LogP contribution in [0.2, 0.25) is 0 Å². The maximum absolute atomic E-state index is 12.4. The molecular formula is C20H19NO7. The Bertz CT molecular complexity index is 887. The highest BCUT2D eigenvalue weighted by molar-refractivity contribution is 5.92. The number of carbonyl (C=O) groups is 2. The van der Waals surface area contributed by atoms with E-state index in [0.29, 0.717) is 5.56 Å². The molecule has 1 aromatic carbocycles. The Kier molecular flexibility index (Phi) is 4.74. The molecule has 1 aromatic heterocycles. The number of ether oxygens (including phenoxy) is 4. The van der Waals surface area contributed by atoms with Crippen molar-refractivity contribution >= 4 is 11.9 Å². The summed E-state index contributed by atoms with van der Waals surface area (Å²) in [5, 5.41) is 9.82. The standard InChI is InChI=1S/C20H19NO7/c1-20-16(28-18(23)12-5-4-8-21-9-12)11-25-17(20)15(10-26-20)27-19(24)13-6-2-3-7-14(13)22/h2-9,15-17,22H,10-11H2,1H3/t15-,16+,17+,20+/m0/s1. The Balaban J connectivity index is 1.44. The van der Waals surface area contributed by atoms with Gasteiger partial charge in [0.2, 0.25) is 0 Å². The minimum absolute atomic E-state index is 0.0636. The summed E-state index contributed by atoms with van der Waals surface area (Å²) in [6, 6.07) is 9.38. The lowest BCUT2D eigenvalue weighted by Crippen LogP contribution is -2.46. The van der Waals surface area contributed by atoms with Gasteiger partial charge in [0.1, 0.15) is 23.0 Å². The van der Waals surface area contributed by atoms with Crippen LogP contribution in [0.3, 0.4) is 0 Å². The van der Waals surface area contributed by atoms with Crippen LogP contribution in [0.4, 0.5) is 0 Å². The maximum Gasteiger partial charge on any atom is 0.342 e. The van der Waals surface area contributed by atoms with Gasteiger partial charge in [0.15, 0.2) is 12.2 Å². The number of phenols is 1. The predicted octanol–water partition coefficient (Wildman–Crippen LogP) is 1.73. The molecule has 2 aromatic rings. The number of rotatable bonds is 4. The highest BCUT2D eigenvalue weighted by atomic mass is 16.7. The van der Waals surface area contributed by atoms with Crippen molar-refractivity contribution in [1.29, 1.82) is 0 Å². The van der Waals surface area contributed by atoms with Crippen molar-refractivity contribution in [1.82, 2.24) is 4.98 Å². The first-order valence-electron chi connectivity index (χ1n) is 8.84. The van der Waals surface area contributed by atoms with Crippen molar-refractivity contribution in [3.8, 4) is 5.75 Å². The van der Waals surface area contributed by atoms with Crippen LogP contribution in [0.25, 0.3) is 0 Å². The van der Waals surface area contributed by atoms with Gasteiger partial charge in [-0.2, -0.15) is 0 Å². The molecule has 146 valence electrons. The lowest BCUT2D eigenvalue weighted by atomic mass is 9.94. The van der Waals surface area contributed by atoms with E-state index in [1.165, 1.54) is 18.3 Å². The van der Waals surface area contributed by atoms with Crippen LogP contribution in [-0.2, 0) is 18.9 Å². The molecule has 0 amide bonds. The number of hydrogen-bond acceptors (Lipinski definition) is 8. The van der Waals surface area contributed by atoms with Gasteiger partial charge in [0.05, 0.1) is 18.8 Å². The topological polar surface area (TPSA) is 104 Å². The minimum atomic E-state index is -0.943. The van der Waals surface area contributed by atoms with E-state index < -0.39 is 35.9 Å². The summed E-state index contributed by atoms with van der Waals surface area (Å²) in [5.41, 5.74) is -0.551. The molecule has 28 heavy (non-hydrogen) atoms. The molecule has 2 fully saturated rings. The quantitative estimate of drug-likeness (QED) is 0.794. The summed E-state index contributed by atoms with van der Waals surface area (Å²) in [4.78, 5) is 28.6. The smallest absolute Gasteiger partial charge is 0.342 e. The third-order valence-corrected chi connectivity index (χ3v) is 5.06. The summed E-state index contributed by atoms with van der Waals surface area (Å²) >= 11 is 0. The van der Waals surface area contributed by atoms with E-state index in [2.05, 4.69) is 4.98 Å². The van der Waals surface area contributed by atoms with Crippen LogP contribution in [0.5, 0.6) is 5.75 Å². The lowest BCUT2D eigenvalue weighted by Gasteiger charge is -2.28. The second-order valence-corrected chi connectivity index (χ2v) is 6.85. The number of fused-ring (bicyclic) bond motifs is 1. The van der Waals surface area contributed by atoms with Gasteiger partial charge in [-0.3, -0.25) is 4.98 Å². The zero-order valence-corrected chi connectivity index (χ0v) is 15.1. The van der Waals surface area contributed by atoms with Gasteiger partial charge >= 0.3 is 11.9 Å². The fraction of sp³-hybridized carbons (Fsp3) is 0.350. The van der Waals surface area contributed by atoms with Gasteiger partial charge in [-0.15, -0.1) is 0 Å². The Labute approximate surface area is 161 Å². The monoisotopic (exact) mass is 385 g/mol. The second-order valence-electron chi connectivity index (χ2n) is 6.85. The van der Waals surface area contributed by atoms with Crippen LogP contribution in [0, 0.1) is 0 Å². The molecule has 8 nitrogen and oxygen atoms in total. The number of aromatic hydroxyl groups is 1. The molecular weight excluding hydrogens is 366 g/mol. The highest BCUT2D eigenvalue weighted by Crippen LogP contribution is 2.40. The molecule has 0 spiro atoms. The number of esters is 2. The molecule has 0 saturated carbocycles. The number of carbonyl (C=O) groups excluding carboxylic acids is 2. The predicted molar refractivity (Wildman–Crippen MR) is 94.8 cm³/mol. The number of aromatic nitrogens is 1. The minimum Gasteiger partial charge on any atom is -0.507 e. The zero-order valence-electron chi connectivity index (χ0n) is 15.1. The summed E-state index contributed by atoms with van der Waals surface area (Å²) in [5.74, 6) is -1.36. The van der Waals surface area contributed by atoms with Gasteiger partial charge in [-0.25, -0.2) is 9.59 Å². The molecule has 8 heteroatoms. The number of benzene rings is 1. The molecule has 2 aliphatic rings. The first-order chi connectivity index (χ1) is 13.5. The molecule has 4 rings (SSSR count). The Morgan fingerprint density at radius 1 is 1.14 bits per heavy atom. The molecule has 1 N–H and O–H groups in total. The van der Waals surface area contributed by atoms with Gasteiger partial charge < -0.3 is 24.1 Å². The van der Waals surface area contributed by atoms with Crippen molar-refractivity contribution in [2.75, 3.05) is 13.2 Å². The van der Waals surface area contributed by atoms with E-state index in [1.807, 2.05) is 0 Å². The zero-order chi connectivity index (χ0) is 19.7. The van der Waals surface area contributed by atoms with Crippen molar-refractivity contribution in [3.05, 3.63) is 59.9 Å². The maximum atomic E-state index is 12.4. The van der Waals surface area contributed by atoms with Crippen LogP contribution < -0.4 is 0 Å². The third-order valence-electron chi connectivity index (χ3n) is 5.06. The lowest BCUT2D eigenvalue weighted by molar-refractivity contribution is -0.0724. The Morgan fingerprint density at radius 3 is 2.71 bits per heavy atom. The van der Waals surface area contributed by atoms with Crippen molar-refractivity contribution in [2.45, 2.75) is 30.8 Å². The van der Waals surface area contributed by atoms with E-state index in [9.17, 15) is 14.7 Å². The van der Waals surface area contributed by atoms with E-state index in [4.69, 9.17) is 18.9 Å². The van der Waals surface area contributed by atoms with E-state index in [1.54, 1.807) is 37.4 Å². The van der Waals surface area contributed by atoms with Crippen LogP contribution in [0.1, 0.15) is 27.6 Å². The summed E-state index contributed by atoms with van der Waals surface area (Å²) < 4.78 is 22.6. The normalized spacial score (nSPS) is 28.5. The molecule has 0 aliphatic carbocycles. The number of pyridine rings is 1. The van der Waals surface area contributed by atoms with E-state index in [0.717, 1.165) is 0 Å². The Hall–Kier alpha value is -2.97. The number of nitrogens with zero attached hydrogens (tertiary/aromatic N) is 1. The van der Waals surface area contributed by atoms with E-state index in [-0.39, 0.29) is 24.5 Å². The summed E-state index contributed by atoms with van der Waals surface area (Å²) in [7, 11) is 0.